The van der Waals surface area contributed by atoms with E-state index in [9.17, 15) is 14.7 Å². The molecule has 8 heteroatoms. The summed E-state index contributed by atoms with van der Waals surface area (Å²) in [5.74, 6) is -1.29. The van der Waals surface area contributed by atoms with Gasteiger partial charge in [-0.15, -0.1) is 12.3 Å². The number of carboxylic acid groups (broad SMARTS) is 1. The number of nitrogens with zero attached hydrogens (tertiary/aromatic N) is 3. The van der Waals surface area contributed by atoms with Crippen LogP contribution in [0.15, 0.2) is 96.5 Å². The van der Waals surface area contributed by atoms with Gasteiger partial charge < -0.3 is 15.2 Å². The number of benzene rings is 3. The predicted octanol–water partition coefficient (Wildman–Crippen LogP) is 6.79. The van der Waals surface area contributed by atoms with Crippen LogP contribution < -0.4 is 0 Å². The Balaban J connectivity index is 0.00000420. The van der Waals surface area contributed by atoms with E-state index in [1.165, 1.54) is 0 Å². The Morgan fingerprint density at radius 2 is 1.77 bits per heavy atom. The molecule has 0 radical (unpaired) electrons. The molecule has 3 aromatic rings. The second-order valence-corrected chi connectivity index (χ2v) is 9.99. The van der Waals surface area contributed by atoms with Crippen LogP contribution in [0.3, 0.4) is 0 Å². The number of para-hydroxylation sites is 1. The molecule has 0 unspecified atom stereocenters. The molecule has 1 amide bonds. The first-order valence-corrected chi connectivity index (χ1v) is 13.0. The third-order valence-electron chi connectivity index (χ3n) is 6.78. The Labute approximate surface area is 244 Å². The molecule has 0 aliphatic carbocycles. The quantitative estimate of drug-likeness (QED) is 0.161. The number of hydrogen-bond acceptors (Lipinski definition) is 4. The third kappa shape index (κ3) is 7.24. The zero-order chi connectivity index (χ0) is 27.1. The minimum absolute atomic E-state index is 0. The molecule has 1 aliphatic heterocycles. The molecule has 4 rings (SSSR count). The smallest absolute Gasteiger partial charge is 0.331 e. The van der Waals surface area contributed by atoms with Crippen molar-refractivity contribution in [1.29, 1.82) is 0 Å². The maximum atomic E-state index is 13.5. The fourth-order valence-electron chi connectivity index (χ4n) is 4.69. The number of aliphatic carboxylic acids is 1. The van der Waals surface area contributed by atoms with Gasteiger partial charge in [0, 0.05) is 40.0 Å². The SMILES string of the molecule is C=CC[C@](C)(N=C(c1ccccc1)c1ccccc1[N-]C(=O)[C@@H]1CCCN1Cc1ccccc1Cl)C(=O)O.[Ni]. The summed E-state index contributed by atoms with van der Waals surface area (Å²) in [6, 6.07) is 23.9. The molecular weight excluding hydrogens is 557 g/mol. The van der Waals surface area contributed by atoms with Crippen molar-refractivity contribution in [1.82, 2.24) is 4.90 Å². The van der Waals surface area contributed by atoms with E-state index in [-0.39, 0.29) is 34.9 Å². The molecule has 39 heavy (non-hydrogen) atoms. The molecule has 1 saturated heterocycles. The van der Waals surface area contributed by atoms with Crippen molar-refractivity contribution >= 4 is 34.9 Å². The van der Waals surface area contributed by atoms with E-state index in [1.807, 2.05) is 72.8 Å². The summed E-state index contributed by atoms with van der Waals surface area (Å²) in [5, 5.41) is 15.2. The molecule has 0 aromatic heterocycles. The molecule has 1 aliphatic rings. The van der Waals surface area contributed by atoms with Crippen LogP contribution in [-0.2, 0) is 32.6 Å². The standard InChI is InChI=1S/C31H32ClN3O3.Ni/c1-3-19-31(2,30(37)38)34-28(22-12-5-4-6-13-22)24-15-8-10-17-26(24)33-29(36)27-18-11-20-35(27)21-23-14-7-9-16-25(23)32;/h3-10,12-17,27H,1,11,18-21H2,2H3,(H2,33,34,36,37,38);/p-1/t27-,31-;/m0./s1. The number of carbonyl (C=O) groups is 2. The van der Waals surface area contributed by atoms with Crippen LogP contribution in [0.25, 0.3) is 5.32 Å². The molecule has 1 fully saturated rings. The normalized spacial score (nSPS) is 17.1. The van der Waals surface area contributed by atoms with Gasteiger partial charge in [0.15, 0.2) is 5.54 Å². The summed E-state index contributed by atoms with van der Waals surface area (Å²) in [4.78, 5) is 32.6. The molecule has 6 nitrogen and oxygen atoms in total. The van der Waals surface area contributed by atoms with Crippen molar-refractivity contribution in [3.63, 3.8) is 0 Å². The summed E-state index contributed by atoms with van der Waals surface area (Å²) in [5.41, 5.74) is 1.80. The Bertz CT molecular complexity index is 1350. The molecule has 206 valence electrons. The van der Waals surface area contributed by atoms with Crippen LogP contribution in [-0.4, -0.2) is 45.7 Å². The zero-order valence-corrected chi connectivity index (χ0v) is 23.4. The fraction of sp³-hybridized carbons (Fsp3) is 0.258. The molecule has 0 spiro atoms. The first-order chi connectivity index (χ1) is 18.3. The van der Waals surface area contributed by atoms with Gasteiger partial charge in [-0.1, -0.05) is 90.5 Å². The summed E-state index contributed by atoms with van der Waals surface area (Å²) in [7, 11) is 0. The Kier molecular flexibility index (Phi) is 10.6. The maximum Gasteiger partial charge on any atom is 0.331 e. The molecule has 1 N–H and O–H groups in total. The van der Waals surface area contributed by atoms with E-state index >= 15 is 0 Å². The Hall–Kier alpha value is -3.25. The molecule has 3 aromatic carbocycles. The molecule has 2 atom stereocenters. The Morgan fingerprint density at radius 1 is 1.10 bits per heavy atom. The number of halogens is 1. The van der Waals surface area contributed by atoms with Gasteiger partial charge in [0.2, 0.25) is 0 Å². The minimum atomic E-state index is -1.43. The fourth-order valence-corrected chi connectivity index (χ4v) is 4.89. The number of hydrogen-bond donors (Lipinski definition) is 1. The van der Waals surface area contributed by atoms with Gasteiger partial charge in [0.1, 0.15) is 0 Å². The van der Waals surface area contributed by atoms with E-state index in [1.54, 1.807) is 19.1 Å². The maximum absolute atomic E-state index is 13.5. The minimum Gasteiger partial charge on any atom is -0.625 e. The van der Waals surface area contributed by atoms with Crippen molar-refractivity contribution in [2.75, 3.05) is 6.54 Å². The second kappa shape index (κ2) is 13.7. The molecule has 1 heterocycles. The molecular formula is C31H31ClN3NiO3-. The van der Waals surface area contributed by atoms with Gasteiger partial charge in [-0.2, -0.15) is 0 Å². The zero-order valence-electron chi connectivity index (χ0n) is 21.7. The van der Waals surface area contributed by atoms with Gasteiger partial charge in [0.05, 0.1) is 17.7 Å². The second-order valence-electron chi connectivity index (χ2n) is 9.59. The molecule has 0 saturated carbocycles. The Morgan fingerprint density at radius 3 is 2.46 bits per heavy atom. The van der Waals surface area contributed by atoms with Crippen LogP contribution in [0.4, 0.5) is 5.69 Å². The average Bonchev–Trinajstić information content (AvgIpc) is 3.38. The van der Waals surface area contributed by atoms with Gasteiger partial charge in [-0.05, 0) is 43.5 Å². The van der Waals surface area contributed by atoms with Crippen LogP contribution in [0.5, 0.6) is 0 Å². The largest absolute Gasteiger partial charge is 0.625 e. The first kappa shape index (κ1) is 30.3. The van der Waals surface area contributed by atoms with E-state index in [4.69, 9.17) is 16.6 Å². The summed E-state index contributed by atoms with van der Waals surface area (Å²) in [6.45, 7) is 6.64. The average molecular weight is 588 g/mol. The van der Waals surface area contributed by atoms with E-state index in [2.05, 4.69) is 16.8 Å². The van der Waals surface area contributed by atoms with Crippen molar-refractivity contribution < 1.29 is 31.2 Å². The topological polar surface area (TPSA) is 84.1 Å². The van der Waals surface area contributed by atoms with Crippen LogP contribution in [0.2, 0.25) is 5.02 Å². The first-order valence-electron chi connectivity index (χ1n) is 12.6. The van der Waals surface area contributed by atoms with Crippen molar-refractivity contribution in [3.05, 3.63) is 119 Å². The number of amides is 1. The third-order valence-corrected chi connectivity index (χ3v) is 7.15. The summed E-state index contributed by atoms with van der Waals surface area (Å²) in [6.07, 6.45) is 3.31. The monoisotopic (exact) mass is 586 g/mol. The van der Waals surface area contributed by atoms with Gasteiger partial charge in [-0.25, -0.2) is 4.79 Å². The number of likely N-dealkylation sites (tertiary alicyclic amines) is 1. The van der Waals surface area contributed by atoms with E-state index in [0.717, 1.165) is 24.1 Å². The predicted molar refractivity (Wildman–Crippen MR) is 152 cm³/mol. The van der Waals surface area contributed by atoms with Crippen LogP contribution in [0, 0.1) is 0 Å². The van der Waals surface area contributed by atoms with Crippen LogP contribution in [0.1, 0.15) is 42.9 Å². The number of rotatable bonds is 10. The summed E-state index contributed by atoms with van der Waals surface area (Å²) >= 11 is 6.37. The van der Waals surface area contributed by atoms with Crippen molar-refractivity contribution in [3.8, 4) is 0 Å². The van der Waals surface area contributed by atoms with Crippen LogP contribution >= 0.6 is 11.6 Å². The van der Waals surface area contributed by atoms with Gasteiger partial charge in [0.25, 0.3) is 0 Å². The summed E-state index contributed by atoms with van der Waals surface area (Å²) < 4.78 is 0. The number of carbonyl (C=O) groups excluding carboxylic acids is 1. The van der Waals surface area contributed by atoms with Crippen molar-refractivity contribution in [2.24, 2.45) is 4.99 Å². The number of aliphatic imine (C=N–C) groups is 1. The van der Waals surface area contributed by atoms with Gasteiger partial charge in [-0.3, -0.25) is 9.89 Å². The van der Waals surface area contributed by atoms with Gasteiger partial charge >= 0.3 is 5.97 Å². The molecule has 0 bridgehead atoms. The van der Waals surface area contributed by atoms with E-state index < -0.39 is 11.5 Å². The van der Waals surface area contributed by atoms with E-state index in [0.29, 0.717) is 35.0 Å². The number of carboxylic acids is 1. The van der Waals surface area contributed by atoms with Crippen molar-refractivity contribution in [2.45, 2.75) is 44.3 Å².